The Balaban J connectivity index is 1.92. The highest BCUT2D eigenvalue weighted by atomic mass is 16.5. The summed E-state index contributed by atoms with van der Waals surface area (Å²) in [5, 5.41) is 3.59. The van der Waals surface area contributed by atoms with Crippen molar-refractivity contribution < 1.29 is 9.32 Å². The van der Waals surface area contributed by atoms with Crippen molar-refractivity contribution in [1.29, 1.82) is 0 Å². The molecule has 1 aliphatic carbocycles. The number of primary amides is 1. The molecule has 0 spiro atoms. The van der Waals surface area contributed by atoms with Crippen molar-refractivity contribution in [2.24, 2.45) is 11.7 Å². The van der Waals surface area contributed by atoms with Crippen LogP contribution in [0.5, 0.6) is 0 Å². The maximum absolute atomic E-state index is 10.6. The molecule has 1 heterocycles. The Kier molecular flexibility index (Phi) is 2.00. The van der Waals surface area contributed by atoms with Crippen LogP contribution in [0.1, 0.15) is 35.8 Å². The van der Waals surface area contributed by atoms with E-state index in [1.165, 1.54) is 12.8 Å². The maximum atomic E-state index is 10.6. The van der Waals surface area contributed by atoms with Crippen molar-refractivity contribution >= 4 is 5.91 Å². The predicted molar refractivity (Wildman–Crippen MR) is 43.6 cm³/mol. The number of carbonyl (C=O) groups is 1. The van der Waals surface area contributed by atoms with E-state index in [9.17, 15) is 4.79 Å². The molecule has 69 valence electrons. The Morgan fingerprint density at radius 2 is 2.46 bits per heavy atom. The van der Waals surface area contributed by atoms with Gasteiger partial charge < -0.3 is 10.3 Å². The molecule has 0 bridgehead atoms. The Bertz CT molecular complexity index is 317. The lowest BCUT2D eigenvalue weighted by Gasteiger charge is -1.88. The molecule has 0 aromatic carbocycles. The fourth-order valence-electron chi connectivity index (χ4n) is 1.04. The molecule has 0 saturated heterocycles. The molecule has 1 amide bonds. The minimum atomic E-state index is -0.682. The first-order valence-electron chi connectivity index (χ1n) is 4.22. The Hall–Kier alpha value is -1.39. The smallest absolute Gasteiger partial charge is 0.315 e. The third-order valence-electron chi connectivity index (χ3n) is 1.98. The Morgan fingerprint density at radius 3 is 3.00 bits per heavy atom. The number of nitrogens with two attached hydrogens (primary N) is 1. The lowest BCUT2D eigenvalue weighted by Crippen LogP contribution is -2.11. The summed E-state index contributed by atoms with van der Waals surface area (Å²) in [7, 11) is 0. The van der Waals surface area contributed by atoms with Crippen molar-refractivity contribution in [3.63, 3.8) is 0 Å². The first-order valence-corrected chi connectivity index (χ1v) is 4.22. The van der Waals surface area contributed by atoms with Gasteiger partial charge in [0.1, 0.15) is 0 Å². The highest BCUT2D eigenvalue weighted by Crippen LogP contribution is 2.33. The molecule has 1 saturated carbocycles. The van der Waals surface area contributed by atoms with Crippen molar-refractivity contribution in [2.45, 2.75) is 19.3 Å². The van der Waals surface area contributed by atoms with Crippen molar-refractivity contribution in [2.75, 3.05) is 0 Å². The van der Waals surface area contributed by atoms with Crippen LogP contribution in [0.3, 0.4) is 0 Å². The SMILES string of the molecule is NC(=O)c1nc([CH]CC2CC2)no1. The molecule has 1 radical (unpaired) electrons. The van der Waals surface area contributed by atoms with Gasteiger partial charge in [-0.15, -0.1) is 0 Å². The zero-order chi connectivity index (χ0) is 9.26. The van der Waals surface area contributed by atoms with Crippen LogP contribution in [0.4, 0.5) is 0 Å². The molecule has 0 atom stereocenters. The van der Waals surface area contributed by atoms with Gasteiger partial charge in [0.05, 0.1) is 0 Å². The molecule has 1 aromatic rings. The summed E-state index contributed by atoms with van der Waals surface area (Å²) in [5.74, 6) is 0.428. The summed E-state index contributed by atoms with van der Waals surface area (Å²) in [6.07, 6.45) is 5.37. The van der Waals surface area contributed by atoms with E-state index in [4.69, 9.17) is 5.73 Å². The van der Waals surface area contributed by atoms with Crippen LogP contribution in [0.15, 0.2) is 4.52 Å². The van der Waals surface area contributed by atoms with Gasteiger partial charge >= 0.3 is 11.8 Å². The summed E-state index contributed by atoms with van der Waals surface area (Å²) in [4.78, 5) is 14.4. The van der Waals surface area contributed by atoms with Gasteiger partial charge in [-0.05, 0) is 12.3 Å². The first-order chi connectivity index (χ1) is 6.25. The number of carbonyl (C=O) groups excluding carboxylic acids is 1. The van der Waals surface area contributed by atoms with Crippen LogP contribution in [-0.4, -0.2) is 16.0 Å². The zero-order valence-electron chi connectivity index (χ0n) is 7.06. The van der Waals surface area contributed by atoms with Crippen LogP contribution in [0.2, 0.25) is 0 Å². The van der Waals surface area contributed by atoms with E-state index in [1.54, 1.807) is 0 Å². The molecule has 5 nitrogen and oxygen atoms in total. The lowest BCUT2D eigenvalue weighted by atomic mass is 10.2. The van der Waals surface area contributed by atoms with Crippen molar-refractivity contribution in [3.05, 3.63) is 18.1 Å². The molecule has 2 rings (SSSR count). The van der Waals surface area contributed by atoms with Gasteiger partial charge in [0.15, 0.2) is 5.82 Å². The number of amides is 1. The lowest BCUT2D eigenvalue weighted by molar-refractivity contribution is 0.0958. The third-order valence-corrected chi connectivity index (χ3v) is 1.98. The van der Waals surface area contributed by atoms with Gasteiger partial charge in [-0.1, -0.05) is 18.0 Å². The Morgan fingerprint density at radius 1 is 1.69 bits per heavy atom. The second-order valence-corrected chi connectivity index (χ2v) is 3.21. The average molecular weight is 180 g/mol. The van der Waals surface area contributed by atoms with E-state index in [2.05, 4.69) is 14.7 Å². The minimum Gasteiger partial charge on any atom is -0.361 e. The molecular weight excluding hydrogens is 170 g/mol. The van der Waals surface area contributed by atoms with Crippen molar-refractivity contribution in [3.8, 4) is 0 Å². The normalized spacial score (nSPS) is 16.0. The molecule has 5 heteroatoms. The fraction of sp³-hybridized carbons (Fsp3) is 0.500. The van der Waals surface area contributed by atoms with Gasteiger partial charge in [0, 0.05) is 6.42 Å². The fourth-order valence-corrected chi connectivity index (χ4v) is 1.04. The largest absolute Gasteiger partial charge is 0.361 e. The average Bonchev–Trinajstić information content (AvgIpc) is 2.79. The third kappa shape index (κ3) is 2.05. The number of aromatic nitrogens is 2. The Labute approximate surface area is 75.3 Å². The van der Waals surface area contributed by atoms with Crippen LogP contribution in [-0.2, 0) is 0 Å². The summed E-state index contributed by atoms with van der Waals surface area (Å²) in [5.41, 5.74) is 4.95. The monoisotopic (exact) mass is 180 g/mol. The second kappa shape index (κ2) is 3.16. The van der Waals surface area contributed by atoms with Crippen LogP contribution in [0.25, 0.3) is 0 Å². The molecule has 0 aliphatic heterocycles. The van der Waals surface area contributed by atoms with Crippen LogP contribution < -0.4 is 5.73 Å². The summed E-state index contributed by atoms with van der Waals surface area (Å²) >= 11 is 0. The molecule has 13 heavy (non-hydrogen) atoms. The zero-order valence-corrected chi connectivity index (χ0v) is 7.06. The first kappa shape index (κ1) is 8.22. The van der Waals surface area contributed by atoms with E-state index < -0.39 is 5.91 Å². The molecule has 2 N–H and O–H groups in total. The molecule has 1 fully saturated rings. The van der Waals surface area contributed by atoms with Gasteiger partial charge in [-0.3, -0.25) is 4.79 Å². The van der Waals surface area contributed by atoms with E-state index in [-0.39, 0.29) is 5.89 Å². The minimum absolute atomic E-state index is 0.123. The topological polar surface area (TPSA) is 82.0 Å². The standard InChI is InChI=1S/C8H10N3O2/c9-7(12)8-10-6(11-13-8)4-3-5-1-2-5/h4-5H,1-3H2,(H2,9,12). The number of rotatable bonds is 4. The summed E-state index contributed by atoms with van der Waals surface area (Å²) in [6.45, 7) is 0. The van der Waals surface area contributed by atoms with Crippen LogP contribution >= 0.6 is 0 Å². The molecule has 1 aliphatic rings. The number of nitrogens with zero attached hydrogens (tertiary/aromatic N) is 2. The summed E-state index contributed by atoms with van der Waals surface area (Å²) in [6, 6.07) is 0. The van der Waals surface area contributed by atoms with Crippen molar-refractivity contribution in [1.82, 2.24) is 10.1 Å². The maximum Gasteiger partial charge on any atom is 0.315 e. The highest BCUT2D eigenvalue weighted by Gasteiger charge is 2.22. The van der Waals surface area contributed by atoms with E-state index >= 15 is 0 Å². The van der Waals surface area contributed by atoms with Gasteiger partial charge in [0.25, 0.3) is 0 Å². The molecular formula is C8H10N3O2. The molecule has 1 aromatic heterocycles. The quantitative estimate of drug-likeness (QED) is 0.732. The summed E-state index contributed by atoms with van der Waals surface area (Å²) < 4.78 is 4.61. The van der Waals surface area contributed by atoms with E-state index in [0.29, 0.717) is 5.82 Å². The van der Waals surface area contributed by atoms with E-state index in [1.807, 2.05) is 6.42 Å². The highest BCUT2D eigenvalue weighted by molar-refractivity contribution is 5.87. The second-order valence-electron chi connectivity index (χ2n) is 3.21. The van der Waals surface area contributed by atoms with Gasteiger partial charge in [-0.2, -0.15) is 4.98 Å². The van der Waals surface area contributed by atoms with E-state index in [0.717, 1.165) is 12.3 Å². The van der Waals surface area contributed by atoms with Gasteiger partial charge in [-0.25, -0.2) is 0 Å². The molecule has 0 unspecified atom stereocenters. The van der Waals surface area contributed by atoms with Crippen LogP contribution in [0, 0.1) is 12.3 Å². The number of hydrogen-bond donors (Lipinski definition) is 1. The van der Waals surface area contributed by atoms with Gasteiger partial charge in [0.2, 0.25) is 0 Å². The number of hydrogen-bond acceptors (Lipinski definition) is 4. The predicted octanol–water partition coefficient (Wildman–Crippen LogP) is 0.521.